The Bertz CT molecular complexity index is 989. The molecule has 2 aromatic rings. The third kappa shape index (κ3) is 5.33. The van der Waals surface area contributed by atoms with Crippen LogP contribution in [0.2, 0.25) is 5.02 Å². The molecule has 0 unspecified atom stereocenters. The number of rotatable bonds is 7. The van der Waals surface area contributed by atoms with Gasteiger partial charge in [0, 0.05) is 18.1 Å². The molecule has 2 aromatic carbocycles. The number of ether oxygens (including phenoxy) is 1. The number of nitrogens with one attached hydrogen (secondary N) is 1. The number of methoxy groups -OCH3 is 1. The SMILES string of the molecule is COc1ccc(Cl)cc1C(=O)N1CCC[C@@H]1C(=O)NC[C@@H](c1ccc(C)cc1)N1CCCC1. The van der Waals surface area contributed by atoms with Crippen LogP contribution in [0.25, 0.3) is 0 Å². The van der Waals surface area contributed by atoms with Gasteiger partial charge in [-0.3, -0.25) is 14.5 Å². The van der Waals surface area contributed by atoms with Crippen LogP contribution in [0.15, 0.2) is 42.5 Å². The maximum atomic E-state index is 13.3. The van der Waals surface area contributed by atoms with E-state index in [1.165, 1.54) is 31.1 Å². The average molecular weight is 470 g/mol. The van der Waals surface area contributed by atoms with Crippen molar-refractivity contribution in [2.75, 3.05) is 33.3 Å². The van der Waals surface area contributed by atoms with Crippen LogP contribution in [-0.2, 0) is 4.79 Å². The first-order valence-electron chi connectivity index (χ1n) is 11.7. The van der Waals surface area contributed by atoms with Crippen LogP contribution in [0.1, 0.15) is 53.2 Å². The summed E-state index contributed by atoms with van der Waals surface area (Å²) in [6.45, 7) is 5.23. The molecule has 4 rings (SSSR count). The lowest BCUT2D eigenvalue weighted by Crippen LogP contribution is -2.48. The molecule has 7 heteroatoms. The van der Waals surface area contributed by atoms with Gasteiger partial charge in [0.15, 0.2) is 0 Å². The maximum absolute atomic E-state index is 13.3. The fourth-order valence-electron chi connectivity index (χ4n) is 4.90. The normalized spacial score (nSPS) is 19.5. The molecular formula is C26H32ClN3O3. The van der Waals surface area contributed by atoms with E-state index in [4.69, 9.17) is 16.3 Å². The van der Waals surface area contributed by atoms with Gasteiger partial charge in [-0.05, 0) is 69.5 Å². The first-order chi connectivity index (χ1) is 16.0. The van der Waals surface area contributed by atoms with Crippen LogP contribution < -0.4 is 10.1 Å². The second kappa shape index (κ2) is 10.6. The molecule has 2 atom stereocenters. The standard InChI is InChI=1S/C26H32ClN3O3/c1-18-7-9-19(10-8-18)23(29-13-3-4-14-29)17-28-25(31)22-6-5-15-30(22)26(32)21-16-20(27)11-12-24(21)33-2/h7-12,16,22-23H,3-6,13-15,17H2,1-2H3,(H,28,31)/t22-,23+/m1/s1. The molecule has 0 aromatic heterocycles. The zero-order valence-corrected chi connectivity index (χ0v) is 20.1. The van der Waals surface area contributed by atoms with Crippen LogP contribution >= 0.6 is 11.6 Å². The average Bonchev–Trinajstić information content (AvgIpc) is 3.52. The highest BCUT2D eigenvalue weighted by Gasteiger charge is 2.36. The van der Waals surface area contributed by atoms with Crippen molar-refractivity contribution < 1.29 is 14.3 Å². The molecule has 0 spiro atoms. The molecule has 6 nitrogen and oxygen atoms in total. The number of likely N-dealkylation sites (tertiary alicyclic amines) is 2. The Labute approximate surface area is 200 Å². The van der Waals surface area contributed by atoms with Gasteiger partial charge in [0.2, 0.25) is 5.91 Å². The molecule has 2 fully saturated rings. The summed E-state index contributed by atoms with van der Waals surface area (Å²) in [6.07, 6.45) is 3.81. The Morgan fingerprint density at radius 1 is 1.09 bits per heavy atom. The predicted molar refractivity (Wildman–Crippen MR) is 130 cm³/mol. The molecule has 2 heterocycles. The Balaban J connectivity index is 1.47. The monoisotopic (exact) mass is 469 g/mol. The molecule has 0 saturated carbocycles. The van der Waals surface area contributed by atoms with Crippen molar-refractivity contribution in [3.63, 3.8) is 0 Å². The number of hydrogen-bond acceptors (Lipinski definition) is 4. The van der Waals surface area contributed by atoms with Gasteiger partial charge in [-0.25, -0.2) is 0 Å². The van der Waals surface area contributed by atoms with Gasteiger partial charge < -0.3 is 15.0 Å². The van der Waals surface area contributed by atoms with Crippen LogP contribution in [0.3, 0.4) is 0 Å². The lowest BCUT2D eigenvalue weighted by Gasteiger charge is -2.30. The number of aryl methyl sites for hydroxylation is 1. The molecule has 176 valence electrons. The lowest BCUT2D eigenvalue weighted by molar-refractivity contribution is -0.125. The van der Waals surface area contributed by atoms with Crippen LogP contribution in [0, 0.1) is 6.92 Å². The number of carbonyl (C=O) groups is 2. The van der Waals surface area contributed by atoms with E-state index in [1.54, 1.807) is 23.1 Å². The highest BCUT2D eigenvalue weighted by atomic mass is 35.5. The second-order valence-corrected chi connectivity index (χ2v) is 9.35. The van der Waals surface area contributed by atoms with Gasteiger partial charge in [-0.15, -0.1) is 0 Å². The maximum Gasteiger partial charge on any atom is 0.258 e. The van der Waals surface area contributed by atoms with Crippen LogP contribution in [-0.4, -0.2) is 60.9 Å². The van der Waals surface area contributed by atoms with E-state index < -0.39 is 6.04 Å². The van der Waals surface area contributed by atoms with Crippen molar-refractivity contribution in [2.24, 2.45) is 0 Å². The summed E-state index contributed by atoms with van der Waals surface area (Å²) in [5.41, 5.74) is 2.82. The summed E-state index contributed by atoms with van der Waals surface area (Å²) < 4.78 is 5.36. The molecule has 33 heavy (non-hydrogen) atoms. The zero-order valence-electron chi connectivity index (χ0n) is 19.4. The summed E-state index contributed by atoms with van der Waals surface area (Å²) in [6, 6.07) is 13.2. The van der Waals surface area contributed by atoms with Gasteiger partial charge in [0.05, 0.1) is 18.7 Å². The number of hydrogen-bond donors (Lipinski definition) is 1. The van der Waals surface area contributed by atoms with Crippen molar-refractivity contribution in [1.82, 2.24) is 15.1 Å². The fraction of sp³-hybridized carbons (Fsp3) is 0.462. The minimum absolute atomic E-state index is 0.0989. The third-order valence-electron chi connectivity index (χ3n) is 6.72. The summed E-state index contributed by atoms with van der Waals surface area (Å²) in [4.78, 5) is 30.6. The van der Waals surface area contributed by atoms with E-state index in [2.05, 4.69) is 41.4 Å². The minimum atomic E-state index is -0.488. The summed E-state index contributed by atoms with van der Waals surface area (Å²) in [7, 11) is 1.53. The van der Waals surface area contributed by atoms with Crippen LogP contribution in [0.4, 0.5) is 0 Å². The molecule has 1 N–H and O–H groups in total. The number of benzene rings is 2. The smallest absolute Gasteiger partial charge is 0.258 e. The van der Waals surface area contributed by atoms with E-state index in [0.717, 1.165) is 19.5 Å². The summed E-state index contributed by atoms with van der Waals surface area (Å²) in [5, 5.41) is 3.62. The van der Waals surface area contributed by atoms with Gasteiger partial charge in [0.25, 0.3) is 5.91 Å². The van der Waals surface area contributed by atoms with E-state index in [9.17, 15) is 9.59 Å². The topological polar surface area (TPSA) is 61.9 Å². The largest absolute Gasteiger partial charge is 0.496 e. The number of nitrogens with zero attached hydrogens (tertiary/aromatic N) is 2. The zero-order chi connectivity index (χ0) is 23.4. The third-order valence-corrected chi connectivity index (χ3v) is 6.96. The molecule has 2 saturated heterocycles. The van der Waals surface area contributed by atoms with Gasteiger partial charge >= 0.3 is 0 Å². The van der Waals surface area contributed by atoms with E-state index in [0.29, 0.717) is 35.8 Å². The number of halogens is 1. The van der Waals surface area contributed by atoms with Crippen molar-refractivity contribution in [2.45, 2.75) is 44.7 Å². The quantitative estimate of drug-likeness (QED) is 0.659. The molecular weight excluding hydrogens is 438 g/mol. The predicted octanol–water partition coefficient (Wildman–Crippen LogP) is 4.21. The Morgan fingerprint density at radius 3 is 2.52 bits per heavy atom. The summed E-state index contributed by atoms with van der Waals surface area (Å²) in [5.74, 6) is 0.142. The fourth-order valence-corrected chi connectivity index (χ4v) is 5.07. The van der Waals surface area contributed by atoms with E-state index in [1.807, 2.05) is 0 Å². The number of carbonyl (C=O) groups excluding carboxylic acids is 2. The van der Waals surface area contributed by atoms with Crippen molar-refractivity contribution in [3.05, 3.63) is 64.2 Å². The van der Waals surface area contributed by atoms with Gasteiger partial charge in [-0.1, -0.05) is 41.4 Å². The first-order valence-corrected chi connectivity index (χ1v) is 12.1. The van der Waals surface area contributed by atoms with E-state index in [-0.39, 0.29) is 17.9 Å². The van der Waals surface area contributed by atoms with Gasteiger partial charge in [-0.2, -0.15) is 0 Å². The highest BCUT2D eigenvalue weighted by molar-refractivity contribution is 6.31. The van der Waals surface area contributed by atoms with Crippen LogP contribution in [0.5, 0.6) is 5.75 Å². The van der Waals surface area contributed by atoms with Crippen molar-refractivity contribution in [3.8, 4) is 5.75 Å². The molecule has 2 aliphatic heterocycles. The molecule has 0 radical (unpaired) electrons. The Hall–Kier alpha value is -2.57. The highest BCUT2D eigenvalue weighted by Crippen LogP contribution is 2.29. The Kier molecular flexibility index (Phi) is 7.56. The molecule has 2 amide bonds. The molecule has 2 aliphatic rings. The summed E-state index contributed by atoms with van der Waals surface area (Å²) >= 11 is 6.13. The van der Waals surface area contributed by atoms with E-state index >= 15 is 0 Å². The minimum Gasteiger partial charge on any atom is -0.496 e. The van der Waals surface area contributed by atoms with Crippen molar-refractivity contribution >= 4 is 23.4 Å². The molecule has 0 aliphatic carbocycles. The second-order valence-electron chi connectivity index (χ2n) is 8.92. The van der Waals surface area contributed by atoms with Gasteiger partial charge in [0.1, 0.15) is 11.8 Å². The Morgan fingerprint density at radius 2 is 1.82 bits per heavy atom. The molecule has 0 bridgehead atoms. The lowest BCUT2D eigenvalue weighted by atomic mass is 10.0. The van der Waals surface area contributed by atoms with Crippen molar-refractivity contribution in [1.29, 1.82) is 0 Å². The first kappa shape index (κ1) is 23.6. The number of amides is 2.